The fraction of sp³-hybridized carbons (Fsp3) is 0.533. The summed E-state index contributed by atoms with van der Waals surface area (Å²) in [4.78, 5) is 13.4. The minimum Gasteiger partial charge on any atom is -0.337 e. The average molecular weight is 337 g/mol. The Morgan fingerprint density at radius 2 is 1.83 bits per heavy atom. The molecule has 1 heterocycles. The van der Waals surface area contributed by atoms with Gasteiger partial charge in [0.1, 0.15) is 0 Å². The number of hydrogen-bond acceptors (Lipinski definition) is 2. The molecule has 128 valence electrons. The normalized spacial score (nSPS) is 17.3. The molecule has 0 saturated carbocycles. The van der Waals surface area contributed by atoms with Crippen molar-refractivity contribution >= 4 is 5.91 Å². The summed E-state index contributed by atoms with van der Waals surface area (Å²) < 4.78 is 65.7. The molecule has 1 aromatic carbocycles. The van der Waals surface area contributed by atoms with E-state index in [0.29, 0.717) is 5.56 Å². The van der Waals surface area contributed by atoms with E-state index >= 15 is 0 Å². The highest BCUT2D eigenvalue weighted by Crippen LogP contribution is 2.31. The number of rotatable bonds is 5. The topological polar surface area (TPSA) is 29.5 Å². The van der Waals surface area contributed by atoms with Crippen LogP contribution in [0.15, 0.2) is 24.3 Å². The van der Waals surface area contributed by atoms with Crippen molar-refractivity contribution in [2.75, 3.05) is 13.1 Å². The van der Waals surface area contributed by atoms with Crippen molar-refractivity contribution < 1.29 is 31.5 Å². The van der Waals surface area contributed by atoms with Crippen LogP contribution in [0, 0.1) is 0 Å². The molecule has 0 aromatic heterocycles. The Hall–Kier alpha value is -1.70. The summed E-state index contributed by atoms with van der Waals surface area (Å²) in [7, 11) is 0. The van der Waals surface area contributed by atoms with Gasteiger partial charge in [-0.3, -0.25) is 4.79 Å². The number of likely N-dealkylation sites (tertiary alicyclic amines) is 1. The van der Waals surface area contributed by atoms with E-state index in [2.05, 4.69) is 4.74 Å². The molecule has 0 radical (unpaired) electrons. The third kappa shape index (κ3) is 4.63. The molecule has 0 bridgehead atoms. The number of benzene rings is 1. The van der Waals surface area contributed by atoms with Gasteiger partial charge >= 0.3 is 12.8 Å². The lowest BCUT2D eigenvalue weighted by Gasteiger charge is -2.39. The van der Waals surface area contributed by atoms with E-state index in [1.165, 1.54) is 17.0 Å². The minimum absolute atomic E-state index is 0.104. The molecule has 1 saturated heterocycles. The second-order valence-electron chi connectivity index (χ2n) is 5.54. The molecule has 0 aliphatic carbocycles. The lowest BCUT2D eigenvalue weighted by atomic mass is 9.95. The highest BCUT2D eigenvalue weighted by atomic mass is 19.4. The predicted molar refractivity (Wildman–Crippen MR) is 71.9 cm³/mol. The van der Waals surface area contributed by atoms with E-state index in [0.717, 1.165) is 12.1 Å². The van der Waals surface area contributed by atoms with Crippen LogP contribution in [0.5, 0.6) is 0 Å². The van der Waals surface area contributed by atoms with Crippen molar-refractivity contribution in [2.45, 2.75) is 38.2 Å². The molecule has 1 atom stereocenters. The maximum atomic E-state index is 12.5. The van der Waals surface area contributed by atoms with Crippen LogP contribution in [-0.2, 0) is 15.7 Å². The molecule has 1 aliphatic heterocycles. The van der Waals surface area contributed by atoms with Gasteiger partial charge in [0, 0.05) is 19.5 Å². The van der Waals surface area contributed by atoms with Gasteiger partial charge in [-0.1, -0.05) is 19.1 Å². The number of nitrogens with zero attached hydrogens (tertiary/aromatic N) is 1. The third-order valence-corrected chi connectivity index (χ3v) is 3.78. The van der Waals surface area contributed by atoms with Gasteiger partial charge in [0.2, 0.25) is 5.91 Å². The first kappa shape index (κ1) is 17.7. The fourth-order valence-electron chi connectivity index (χ4n) is 2.38. The summed E-state index contributed by atoms with van der Waals surface area (Å²) in [6, 6.07) is 4.65. The van der Waals surface area contributed by atoms with Gasteiger partial charge in [-0.25, -0.2) is 0 Å². The molecule has 1 amide bonds. The Morgan fingerprint density at radius 3 is 2.30 bits per heavy atom. The Morgan fingerprint density at radius 1 is 1.26 bits per heavy atom. The van der Waals surface area contributed by atoms with Crippen LogP contribution in [0.4, 0.5) is 22.0 Å². The Kier molecular flexibility index (Phi) is 5.23. The maximum absolute atomic E-state index is 12.5. The fourth-order valence-corrected chi connectivity index (χ4v) is 2.38. The highest BCUT2D eigenvalue weighted by molar-refractivity contribution is 5.78. The van der Waals surface area contributed by atoms with Crippen LogP contribution in [0.1, 0.15) is 30.4 Å². The number of hydrogen-bond donors (Lipinski definition) is 0. The van der Waals surface area contributed by atoms with Gasteiger partial charge in [-0.05, 0) is 23.6 Å². The summed E-state index contributed by atoms with van der Waals surface area (Å²) in [5.74, 6) is -0.494. The molecule has 23 heavy (non-hydrogen) atoms. The average Bonchev–Trinajstić information content (AvgIpc) is 2.41. The zero-order valence-corrected chi connectivity index (χ0v) is 12.3. The molecule has 0 spiro atoms. The van der Waals surface area contributed by atoms with Crippen LogP contribution in [0.2, 0.25) is 0 Å². The molecule has 1 fully saturated rings. The second-order valence-corrected chi connectivity index (χ2v) is 5.54. The van der Waals surface area contributed by atoms with Crippen LogP contribution >= 0.6 is 0 Å². The van der Waals surface area contributed by atoms with Gasteiger partial charge in [0.05, 0.1) is 11.7 Å². The van der Waals surface area contributed by atoms with Crippen molar-refractivity contribution in [1.82, 2.24) is 4.90 Å². The van der Waals surface area contributed by atoms with E-state index in [4.69, 9.17) is 0 Å². The number of carbonyl (C=O) groups excluding carboxylic acids is 1. The maximum Gasteiger partial charge on any atom is 0.416 e. The van der Waals surface area contributed by atoms with Crippen molar-refractivity contribution in [3.63, 3.8) is 0 Å². The van der Waals surface area contributed by atoms with Crippen LogP contribution in [-0.4, -0.2) is 36.6 Å². The molecular weight excluding hydrogens is 321 g/mol. The lowest BCUT2D eigenvalue weighted by Crippen LogP contribution is -2.55. The number of alkyl halides is 5. The smallest absolute Gasteiger partial charge is 0.337 e. The number of ether oxygens (including phenoxy) is 1. The number of carbonyl (C=O) groups is 1. The molecule has 8 heteroatoms. The molecule has 0 unspecified atom stereocenters. The highest BCUT2D eigenvalue weighted by Gasteiger charge is 2.34. The van der Waals surface area contributed by atoms with Gasteiger partial charge < -0.3 is 9.64 Å². The van der Waals surface area contributed by atoms with E-state index in [1.807, 2.05) is 0 Å². The summed E-state index contributed by atoms with van der Waals surface area (Å²) in [6.45, 7) is -0.900. The van der Waals surface area contributed by atoms with Crippen molar-refractivity contribution in [2.24, 2.45) is 0 Å². The third-order valence-electron chi connectivity index (χ3n) is 3.78. The largest absolute Gasteiger partial charge is 0.416 e. The van der Waals surface area contributed by atoms with Crippen LogP contribution < -0.4 is 0 Å². The number of halogens is 5. The summed E-state index contributed by atoms with van der Waals surface area (Å²) in [6.07, 6.45) is -4.94. The summed E-state index contributed by atoms with van der Waals surface area (Å²) in [5.41, 5.74) is -0.123. The van der Waals surface area contributed by atoms with Gasteiger partial charge in [-0.2, -0.15) is 22.0 Å². The predicted octanol–water partition coefficient (Wildman–Crippen LogP) is 3.65. The SMILES string of the molecule is C[C@@H](CC(=O)N1CC(OC(F)F)C1)c1ccc(C(F)(F)F)cc1. The molecule has 1 aromatic rings. The van der Waals surface area contributed by atoms with Crippen LogP contribution in [0.25, 0.3) is 0 Å². The van der Waals surface area contributed by atoms with Gasteiger partial charge in [-0.15, -0.1) is 0 Å². The monoisotopic (exact) mass is 337 g/mol. The van der Waals surface area contributed by atoms with E-state index in [1.54, 1.807) is 6.92 Å². The first-order valence-corrected chi connectivity index (χ1v) is 7.05. The van der Waals surface area contributed by atoms with E-state index < -0.39 is 24.5 Å². The molecule has 3 nitrogen and oxygen atoms in total. The van der Waals surface area contributed by atoms with Crippen molar-refractivity contribution in [1.29, 1.82) is 0 Å². The van der Waals surface area contributed by atoms with Crippen LogP contribution in [0.3, 0.4) is 0 Å². The lowest BCUT2D eigenvalue weighted by molar-refractivity contribution is -0.199. The van der Waals surface area contributed by atoms with Gasteiger partial charge in [0.15, 0.2) is 0 Å². The van der Waals surface area contributed by atoms with E-state index in [9.17, 15) is 26.7 Å². The Balaban J connectivity index is 1.85. The summed E-state index contributed by atoms with van der Waals surface area (Å²) >= 11 is 0. The van der Waals surface area contributed by atoms with Crippen molar-refractivity contribution in [3.05, 3.63) is 35.4 Å². The standard InChI is InChI=1S/C15H16F5NO2/c1-9(10-2-4-11(5-3-10)15(18,19)20)6-13(22)21-7-12(8-21)23-14(16)17/h2-5,9,12,14H,6-8H2,1H3/t9-/m0/s1. The van der Waals surface area contributed by atoms with Gasteiger partial charge in [0.25, 0.3) is 0 Å². The van der Waals surface area contributed by atoms with Crippen molar-refractivity contribution in [3.8, 4) is 0 Å². The molecular formula is C15H16F5NO2. The molecule has 1 aliphatic rings. The number of amides is 1. The second kappa shape index (κ2) is 6.82. The molecule has 2 rings (SSSR count). The molecule has 0 N–H and O–H groups in total. The minimum atomic E-state index is -4.39. The Bertz CT molecular complexity index is 538. The first-order chi connectivity index (χ1) is 10.7. The quantitative estimate of drug-likeness (QED) is 0.768. The zero-order chi connectivity index (χ0) is 17.2. The first-order valence-electron chi connectivity index (χ1n) is 7.05. The Labute approximate surface area is 130 Å². The van der Waals surface area contributed by atoms with E-state index in [-0.39, 0.29) is 31.3 Å². The zero-order valence-electron chi connectivity index (χ0n) is 12.3. The summed E-state index contributed by atoms with van der Waals surface area (Å²) in [5, 5.41) is 0.